The van der Waals surface area contributed by atoms with Gasteiger partial charge in [0.2, 0.25) is 0 Å². The number of hydrogen-bond donors (Lipinski definition) is 2. The summed E-state index contributed by atoms with van der Waals surface area (Å²) in [5.74, 6) is -0.371. The van der Waals surface area contributed by atoms with E-state index in [1.54, 1.807) is 30.6 Å². The topological polar surface area (TPSA) is 85.3 Å². The van der Waals surface area contributed by atoms with Gasteiger partial charge in [-0.1, -0.05) is 12.1 Å². The lowest BCUT2D eigenvalue weighted by atomic mass is 10.2. The van der Waals surface area contributed by atoms with Gasteiger partial charge in [-0.15, -0.1) is 5.10 Å². The van der Waals surface area contributed by atoms with Crippen LogP contribution in [0, 0.1) is 5.82 Å². The highest BCUT2D eigenvalue weighted by Crippen LogP contribution is 2.13. The second-order valence-corrected chi connectivity index (χ2v) is 4.48. The summed E-state index contributed by atoms with van der Waals surface area (Å²) in [7, 11) is 0. The number of nitrogens with one attached hydrogen (secondary N) is 1. The maximum atomic E-state index is 12.8. The SMILES string of the molecule is NC(=O)c1cc(NCc2ccc(F)cc2)nn2ccnc12. The molecule has 21 heavy (non-hydrogen) atoms. The number of carbonyl (C=O) groups is 1. The van der Waals surface area contributed by atoms with Crippen molar-refractivity contribution in [3.05, 3.63) is 59.7 Å². The number of imidazole rings is 1. The van der Waals surface area contributed by atoms with Crippen molar-refractivity contribution in [2.24, 2.45) is 5.73 Å². The van der Waals surface area contributed by atoms with Crippen LogP contribution in [0.25, 0.3) is 5.65 Å². The third-order valence-electron chi connectivity index (χ3n) is 3.01. The fourth-order valence-corrected chi connectivity index (χ4v) is 1.98. The lowest BCUT2D eigenvalue weighted by Gasteiger charge is -2.08. The molecule has 0 unspecified atom stereocenters. The molecule has 106 valence electrons. The number of nitrogens with zero attached hydrogens (tertiary/aromatic N) is 3. The molecule has 2 aromatic heterocycles. The molecule has 0 fully saturated rings. The number of hydrogen-bond acceptors (Lipinski definition) is 4. The molecule has 1 aromatic carbocycles. The molecule has 1 amide bonds. The molecule has 0 aliphatic heterocycles. The molecule has 3 N–H and O–H groups in total. The largest absolute Gasteiger partial charge is 0.365 e. The highest BCUT2D eigenvalue weighted by molar-refractivity contribution is 5.99. The smallest absolute Gasteiger partial charge is 0.252 e. The van der Waals surface area contributed by atoms with Crippen LogP contribution in [0.5, 0.6) is 0 Å². The van der Waals surface area contributed by atoms with Gasteiger partial charge in [0.15, 0.2) is 5.65 Å². The molecule has 6 nitrogen and oxygen atoms in total. The monoisotopic (exact) mass is 285 g/mol. The summed E-state index contributed by atoms with van der Waals surface area (Å²) in [6, 6.07) is 7.67. The zero-order valence-corrected chi connectivity index (χ0v) is 11.0. The maximum absolute atomic E-state index is 12.8. The minimum Gasteiger partial charge on any atom is -0.365 e. The Morgan fingerprint density at radius 2 is 2.10 bits per heavy atom. The van der Waals surface area contributed by atoms with Gasteiger partial charge in [0.1, 0.15) is 11.6 Å². The van der Waals surface area contributed by atoms with Crippen molar-refractivity contribution in [1.29, 1.82) is 0 Å². The molecule has 0 radical (unpaired) electrons. The number of rotatable bonds is 4. The van der Waals surface area contributed by atoms with Gasteiger partial charge in [0.05, 0.1) is 5.56 Å². The number of amides is 1. The van der Waals surface area contributed by atoms with Crippen LogP contribution >= 0.6 is 0 Å². The van der Waals surface area contributed by atoms with Crippen LogP contribution in [0.3, 0.4) is 0 Å². The van der Waals surface area contributed by atoms with Crippen molar-refractivity contribution in [2.75, 3.05) is 5.32 Å². The first-order valence-corrected chi connectivity index (χ1v) is 6.26. The minimum atomic E-state index is -0.571. The van der Waals surface area contributed by atoms with E-state index in [0.29, 0.717) is 18.0 Å². The van der Waals surface area contributed by atoms with Crippen molar-refractivity contribution < 1.29 is 9.18 Å². The third kappa shape index (κ3) is 2.66. The molecule has 7 heteroatoms. The molecule has 0 spiro atoms. The third-order valence-corrected chi connectivity index (χ3v) is 3.01. The highest BCUT2D eigenvalue weighted by Gasteiger charge is 2.11. The van der Waals surface area contributed by atoms with Gasteiger partial charge < -0.3 is 11.1 Å². The summed E-state index contributed by atoms with van der Waals surface area (Å²) in [6.45, 7) is 0.450. The standard InChI is InChI=1S/C14H12FN5O/c15-10-3-1-9(2-4-10)8-18-12-7-11(13(16)21)14-17-5-6-20(14)19-12/h1-7H,8H2,(H2,16,21)(H,18,19). The van der Waals surface area contributed by atoms with Gasteiger partial charge in [-0.25, -0.2) is 13.9 Å². The van der Waals surface area contributed by atoms with E-state index in [1.807, 2.05) is 0 Å². The number of halogens is 1. The van der Waals surface area contributed by atoms with Crippen molar-refractivity contribution in [1.82, 2.24) is 14.6 Å². The normalized spacial score (nSPS) is 10.7. The van der Waals surface area contributed by atoms with Gasteiger partial charge in [-0.05, 0) is 23.8 Å². The number of benzene rings is 1. The Balaban J connectivity index is 1.86. The van der Waals surface area contributed by atoms with E-state index < -0.39 is 5.91 Å². The highest BCUT2D eigenvalue weighted by atomic mass is 19.1. The minimum absolute atomic E-state index is 0.285. The van der Waals surface area contributed by atoms with Gasteiger partial charge in [0.25, 0.3) is 5.91 Å². The molecule has 3 rings (SSSR count). The first-order chi connectivity index (χ1) is 10.1. The second kappa shape index (κ2) is 5.20. The number of fused-ring (bicyclic) bond motifs is 1. The second-order valence-electron chi connectivity index (χ2n) is 4.48. The van der Waals surface area contributed by atoms with Gasteiger partial charge >= 0.3 is 0 Å². The molecule has 3 aromatic rings. The van der Waals surface area contributed by atoms with Gasteiger partial charge in [-0.2, -0.15) is 0 Å². The molecule has 0 aliphatic carbocycles. The van der Waals surface area contributed by atoms with E-state index in [-0.39, 0.29) is 11.4 Å². The predicted molar refractivity (Wildman–Crippen MR) is 75.2 cm³/mol. The Hall–Kier alpha value is -2.96. The Kier molecular flexibility index (Phi) is 3.23. The molecule has 0 saturated carbocycles. The zero-order chi connectivity index (χ0) is 14.8. The molecule has 0 bridgehead atoms. The summed E-state index contributed by atoms with van der Waals surface area (Å²) in [5, 5.41) is 7.34. The zero-order valence-electron chi connectivity index (χ0n) is 11.0. The quantitative estimate of drug-likeness (QED) is 0.762. The van der Waals surface area contributed by atoms with Crippen LogP contribution in [0.4, 0.5) is 10.2 Å². The Morgan fingerprint density at radius 3 is 2.81 bits per heavy atom. The average Bonchev–Trinajstić information content (AvgIpc) is 2.94. The predicted octanol–water partition coefficient (Wildman–Crippen LogP) is 1.58. The summed E-state index contributed by atoms with van der Waals surface area (Å²) in [6.07, 6.45) is 3.17. The molecule has 2 heterocycles. The molecule has 0 aliphatic rings. The van der Waals surface area contributed by atoms with Crippen molar-refractivity contribution in [3.63, 3.8) is 0 Å². The van der Waals surface area contributed by atoms with E-state index in [0.717, 1.165) is 5.56 Å². The van der Waals surface area contributed by atoms with Gasteiger partial charge in [-0.3, -0.25) is 4.79 Å². The van der Waals surface area contributed by atoms with Crippen LogP contribution < -0.4 is 11.1 Å². The summed E-state index contributed by atoms with van der Waals surface area (Å²) in [5.41, 5.74) is 6.94. The fourth-order valence-electron chi connectivity index (χ4n) is 1.98. The van der Waals surface area contributed by atoms with Crippen LogP contribution in [0.2, 0.25) is 0 Å². The average molecular weight is 285 g/mol. The molecule has 0 atom stereocenters. The molecular formula is C14H12FN5O. The van der Waals surface area contributed by atoms with Crippen molar-refractivity contribution >= 4 is 17.4 Å². The summed E-state index contributed by atoms with van der Waals surface area (Å²) in [4.78, 5) is 15.5. The number of nitrogens with two attached hydrogens (primary N) is 1. The first kappa shape index (κ1) is 13.0. The Bertz CT molecular complexity index is 797. The van der Waals surface area contributed by atoms with Crippen LogP contribution in [-0.2, 0) is 6.54 Å². The number of primary amides is 1. The molecule has 0 saturated heterocycles. The van der Waals surface area contributed by atoms with Crippen LogP contribution in [0.1, 0.15) is 15.9 Å². The Labute approximate surface area is 119 Å². The summed E-state index contributed by atoms with van der Waals surface area (Å²) < 4.78 is 14.3. The fraction of sp³-hybridized carbons (Fsp3) is 0.0714. The number of aromatic nitrogens is 3. The number of carbonyl (C=O) groups excluding carboxylic acids is 1. The van der Waals surface area contributed by atoms with Crippen molar-refractivity contribution in [2.45, 2.75) is 6.54 Å². The van der Waals surface area contributed by atoms with Crippen LogP contribution in [0.15, 0.2) is 42.7 Å². The van der Waals surface area contributed by atoms with Crippen LogP contribution in [-0.4, -0.2) is 20.5 Å². The summed E-state index contributed by atoms with van der Waals surface area (Å²) >= 11 is 0. The lowest BCUT2D eigenvalue weighted by Crippen LogP contribution is -2.15. The van der Waals surface area contributed by atoms with E-state index in [1.165, 1.54) is 16.6 Å². The van der Waals surface area contributed by atoms with Gasteiger partial charge in [0, 0.05) is 18.9 Å². The Morgan fingerprint density at radius 1 is 1.33 bits per heavy atom. The van der Waals surface area contributed by atoms with E-state index in [9.17, 15) is 9.18 Å². The maximum Gasteiger partial charge on any atom is 0.252 e. The van der Waals surface area contributed by atoms with E-state index in [2.05, 4.69) is 15.4 Å². The van der Waals surface area contributed by atoms with E-state index >= 15 is 0 Å². The molecular weight excluding hydrogens is 273 g/mol. The van der Waals surface area contributed by atoms with E-state index in [4.69, 9.17) is 5.73 Å². The number of anilines is 1. The van der Waals surface area contributed by atoms with Crippen molar-refractivity contribution in [3.8, 4) is 0 Å². The lowest BCUT2D eigenvalue weighted by molar-refractivity contribution is 0.100. The first-order valence-electron chi connectivity index (χ1n) is 6.26.